The summed E-state index contributed by atoms with van der Waals surface area (Å²) in [7, 11) is 0. The van der Waals surface area contributed by atoms with Gasteiger partial charge >= 0.3 is 0 Å². The van der Waals surface area contributed by atoms with E-state index in [4.69, 9.17) is 4.74 Å². The van der Waals surface area contributed by atoms with Crippen LogP contribution in [0.5, 0.6) is 5.75 Å². The highest BCUT2D eigenvalue weighted by molar-refractivity contribution is 5.89. The van der Waals surface area contributed by atoms with Gasteiger partial charge in [-0.3, -0.25) is 4.79 Å². The molecule has 0 bridgehead atoms. The van der Waals surface area contributed by atoms with Gasteiger partial charge in [0.1, 0.15) is 5.75 Å². The van der Waals surface area contributed by atoms with Crippen molar-refractivity contribution in [1.29, 1.82) is 0 Å². The van der Waals surface area contributed by atoms with Crippen molar-refractivity contribution in [2.24, 2.45) is 5.92 Å². The Kier molecular flexibility index (Phi) is 5.42. The molecule has 0 fully saturated rings. The number of hydrogen-bond donors (Lipinski definition) is 1. The summed E-state index contributed by atoms with van der Waals surface area (Å²) in [5.74, 6) is 1.12. The lowest BCUT2D eigenvalue weighted by Crippen LogP contribution is -2.44. The van der Waals surface area contributed by atoms with Gasteiger partial charge in [0.05, 0.1) is 0 Å². The van der Waals surface area contributed by atoms with Crippen molar-refractivity contribution < 1.29 is 9.53 Å². The topological polar surface area (TPSA) is 38.3 Å². The Morgan fingerprint density at radius 3 is 2.45 bits per heavy atom. The third-order valence-corrected chi connectivity index (χ3v) is 4.05. The number of fused-ring (bicyclic) bond motifs is 1. The zero-order valence-electron chi connectivity index (χ0n) is 13.8. The Labute approximate surface area is 132 Å². The minimum atomic E-state index is -0.466. The van der Waals surface area contributed by atoms with Gasteiger partial charge in [-0.25, -0.2) is 0 Å². The number of hydrogen-bond acceptors (Lipinski definition) is 2. The maximum atomic E-state index is 12.4. The summed E-state index contributed by atoms with van der Waals surface area (Å²) < 4.78 is 6.01. The molecule has 2 unspecified atom stereocenters. The van der Waals surface area contributed by atoms with E-state index in [1.165, 1.54) is 0 Å². The van der Waals surface area contributed by atoms with E-state index in [9.17, 15) is 4.79 Å². The van der Waals surface area contributed by atoms with Gasteiger partial charge in [0, 0.05) is 11.4 Å². The summed E-state index contributed by atoms with van der Waals surface area (Å²) in [6.07, 6.45) is 0.173. The molecule has 3 heteroatoms. The van der Waals surface area contributed by atoms with Crippen LogP contribution in [-0.2, 0) is 4.79 Å². The molecule has 118 valence electrons. The molecule has 0 saturated carbocycles. The number of amides is 1. The van der Waals surface area contributed by atoms with Gasteiger partial charge in [-0.05, 0) is 30.7 Å². The predicted octanol–water partition coefficient (Wildman–Crippen LogP) is 4.16. The largest absolute Gasteiger partial charge is 0.480 e. The zero-order valence-corrected chi connectivity index (χ0v) is 13.8. The fraction of sp³-hybridized carbons (Fsp3) is 0.421. The van der Waals surface area contributed by atoms with Crippen molar-refractivity contribution in [1.82, 2.24) is 5.32 Å². The van der Waals surface area contributed by atoms with E-state index in [0.717, 1.165) is 16.5 Å². The molecule has 2 aromatic carbocycles. The normalized spacial score (nSPS) is 13.9. The first-order chi connectivity index (χ1) is 10.5. The Balaban J connectivity index is 2.17. The van der Waals surface area contributed by atoms with E-state index in [1.807, 2.05) is 56.3 Å². The minimum absolute atomic E-state index is 0.0448. The molecule has 1 N–H and O–H groups in total. The molecular weight excluding hydrogens is 274 g/mol. The van der Waals surface area contributed by atoms with E-state index in [2.05, 4.69) is 19.2 Å². The average Bonchev–Trinajstić information content (AvgIpc) is 2.52. The molecule has 0 saturated heterocycles. The zero-order chi connectivity index (χ0) is 16.1. The third-order valence-electron chi connectivity index (χ3n) is 4.05. The second kappa shape index (κ2) is 7.30. The maximum Gasteiger partial charge on any atom is 0.261 e. The minimum Gasteiger partial charge on any atom is -0.480 e. The lowest BCUT2D eigenvalue weighted by molar-refractivity contribution is -0.129. The molecule has 2 atom stereocenters. The Bertz CT molecular complexity index is 631. The molecule has 0 radical (unpaired) electrons. The van der Waals surface area contributed by atoms with Crippen LogP contribution in [0.4, 0.5) is 0 Å². The van der Waals surface area contributed by atoms with E-state index in [0.29, 0.717) is 12.3 Å². The summed E-state index contributed by atoms with van der Waals surface area (Å²) in [5, 5.41) is 5.19. The first kappa shape index (κ1) is 16.3. The molecule has 22 heavy (non-hydrogen) atoms. The highest BCUT2D eigenvalue weighted by atomic mass is 16.5. The average molecular weight is 299 g/mol. The van der Waals surface area contributed by atoms with E-state index in [-0.39, 0.29) is 11.9 Å². The van der Waals surface area contributed by atoms with Crippen LogP contribution in [0.25, 0.3) is 10.8 Å². The summed E-state index contributed by atoms with van der Waals surface area (Å²) in [4.78, 5) is 12.4. The number of carbonyl (C=O) groups is 1. The maximum absolute atomic E-state index is 12.4. The van der Waals surface area contributed by atoms with Crippen LogP contribution >= 0.6 is 0 Å². The summed E-state index contributed by atoms with van der Waals surface area (Å²) in [5.41, 5.74) is 0. The third kappa shape index (κ3) is 3.79. The monoisotopic (exact) mass is 299 g/mol. The molecule has 0 heterocycles. The Morgan fingerprint density at radius 1 is 1.09 bits per heavy atom. The Morgan fingerprint density at radius 2 is 1.77 bits per heavy atom. The van der Waals surface area contributed by atoms with E-state index < -0.39 is 6.10 Å². The standard InChI is InChI=1S/C19H25NO2/c1-5-17(19(21)20-14(4)13(2)3)22-18-12-8-10-15-9-6-7-11-16(15)18/h6-14,17H,5H2,1-4H3,(H,20,21). The lowest BCUT2D eigenvalue weighted by Gasteiger charge is -2.23. The molecule has 0 aliphatic carbocycles. The molecule has 2 rings (SSSR count). The molecule has 0 aromatic heterocycles. The van der Waals surface area contributed by atoms with Crippen LogP contribution in [0.1, 0.15) is 34.1 Å². The van der Waals surface area contributed by atoms with Crippen molar-refractivity contribution in [3.05, 3.63) is 42.5 Å². The molecule has 0 spiro atoms. The summed E-state index contributed by atoms with van der Waals surface area (Å²) >= 11 is 0. The number of nitrogens with one attached hydrogen (secondary N) is 1. The first-order valence-corrected chi connectivity index (χ1v) is 7.97. The van der Waals surface area contributed by atoms with Crippen LogP contribution in [-0.4, -0.2) is 18.1 Å². The number of ether oxygens (including phenoxy) is 1. The number of rotatable bonds is 6. The van der Waals surface area contributed by atoms with Crippen molar-refractivity contribution in [2.45, 2.75) is 46.3 Å². The number of carbonyl (C=O) groups excluding carboxylic acids is 1. The van der Waals surface area contributed by atoms with Gasteiger partial charge in [0.25, 0.3) is 5.91 Å². The van der Waals surface area contributed by atoms with Gasteiger partial charge in [0.2, 0.25) is 0 Å². The van der Waals surface area contributed by atoms with Gasteiger partial charge in [-0.2, -0.15) is 0 Å². The SMILES string of the molecule is CCC(Oc1cccc2ccccc12)C(=O)NC(C)C(C)C. The Hall–Kier alpha value is -2.03. The summed E-state index contributed by atoms with van der Waals surface area (Å²) in [6, 6.07) is 14.1. The second-order valence-electron chi connectivity index (χ2n) is 6.03. The van der Waals surface area contributed by atoms with E-state index >= 15 is 0 Å². The molecule has 1 amide bonds. The van der Waals surface area contributed by atoms with Gasteiger partial charge in [0.15, 0.2) is 6.10 Å². The highest BCUT2D eigenvalue weighted by Crippen LogP contribution is 2.26. The van der Waals surface area contributed by atoms with Gasteiger partial charge in [-0.15, -0.1) is 0 Å². The molecule has 3 nitrogen and oxygen atoms in total. The van der Waals surface area contributed by atoms with Crippen LogP contribution in [0.3, 0.4) is 0 Å². The second-order valence-corrected chi connectivity index (χ2v) is 6.03. The fourth-order valence-corrected chi connectivity index (χ4v) is 2.26. The molecule has 0 aliphatic heterocycles. The quantitative estimate of drug-likeness (QED) is 0.870. The van der Waals surface area contributed by atoms with Crippen LogP contribution in [0.2, 0.25) is 0 Å². The van der Waals surface area contributed by atoms with E-state index in [1.54, 1.807) is 0 Å². The number of benzene rings is 2. The van der Waals surface area contributed by atoms with Crippen molar-refractivity contribution in [3.63, 3.8) is 0 Å². The molecule has 0 aliphatic rings. The molecular formula is C19H25NO2. The van der Waals surface area contributed by atoms with Crippen molar-refractivity contribution in [3.8, 4) is 5.75 Å². The van der Waals surface area contributed by atoms with Crippen LogP contribution in [0.15, 0.2) is 42.5 Å². The summed E-state index contributed by atoms with van der Waals surface area (Å²) in [6.45, 7) is 8.18. The van der Waals surface area contributed by atoms with Crippen LogP contribution in [0, 0.1) is 5.92 Å². The van der Waals surface area contributed by atoms with Crippen molar-refractivity contribution in [2.75, 3.05) is 0 Å². The molecule has 2 aromatic rings. The highest BCUT2D eigenvalue weighted by Gasteiger charge is 2.21. The fourth-order valence-electron chi connectivity index (χ4n) is 2.26. The lowest BCUT2D eigenvalue weighted by atomic mass is 10.1. The van der Waals surface area contributed by atoms with Crippen LogP contribution < -0.4 is 10.1 Å². The predicted molar refractivity (Wildman–Crippen MR) is 91.1 cm³/mol. The van der Waals surface area contributed by atoms with Gasteiger partial charge in [-0.1, -0.05) is 57.2 Å². The van der Waals surface area contributed by atoms with Gasteiger partial charge < -0.3 is 10.1 Å². The van der Waals surface area contributed by atoms with Crippen molar-refractivity contribution >= 4 is 16.7 Å². The first-order valence-electron chi connectivity index (χ1n) is 7.97. The smallest absolute Gasteiger partial charge is 0.261 e.